The van der Waals surface area contributed by atoms with Crippen molar-refractivity contribution in [1.82, 2.24) is 10.2 Å². The van der Waals surface area contributed by atoms with Crippen LogP contribution in [-0.2, 0) is 14.3 Å². The van der Waals surface area contributed by atoms with E-state index < -0.39 is 0 Å². The smallest absolute Gasteiger partial charge is 0.324 e. The summed E-state index contributed by atoms with van der Waals surface area (Å²) >= 11 is 0. The molecule has 0 spiro atoms. The second-order valence-electron chi connectivity index (χ2n) is 5.73. The van der Waals surface area contributed by atoms with Gasteiger partial charge in [0.15, 0.2) is 0 Å². The maximum atomic E-state index is 12.1. The van der Waals surface area contributed by atoms with Gasteiger partial charge in [0.1, 0.15) is 6.04 Å². The number of rotatable bonds is 9. The predicted octanol–water partition coefficient (Wildman–Crippen LogP) is 1.17. The van der Waals surface area contributed by atoms with E-state index in [1.165, 1.54) is 12.8 Å². The van der Waals surface area contributed by atoms with Crippen LogP contribution in [0.2, 0.25) is 0 Å². The van der Waals surface area contributed by atoms with Crippen molar-refractivity contribution in [3.63, 3.8) is 0 Å². The fraction of sp³-hybridized carbons (Fsp3) is 0.933. The highest BCUT2D eigenvalue weighted by molar-refractivity contribution is 5.76. The Balaban J connectivity index is 1.83. The fourth-order valence-electron chi connectivity index (χ4n) is 2.64. The number of carbonyl (C=O) groups excluding carboxylic acids is 1. The zero-order valence-electron chi connectivity index (χ0n) is 12.8. The van der Waals surface area contributed by atoms with Gasteiger partial charge in [-0.05, 0) is 39.2 Å². The van der Waals surface area contributed by atoms with Crippen LogP contribution >= 0.6 is 0 Å². The van der Waals surface area contributed by atoms with Crippen molar-refractivity contribution in [3.05, 3.63) is 0 Å². The highest BCUT2D eigenvalue weighted by Crippen LogP contribution is 2.20. The molecule has 116 valence electrons. The van der Waals surface area contributed by atoms with Crippen LogP contribution in [0.25, 0.3) is 0 Å². The van der Waals surface area contributed by atoms with E-state index in [-0.39, 0.29) is 12.0 Å². The third kappa shape index (κ3) is 5.04. The first kappa shape index (κ1) is 15.7. The van der Waals surface area contributed by atoms with Crippen LogP contribution < -0.4 is 5.32 Å². The normalized spacial score (nSPS) is 24.1. The predicted molar refractivity (Wildman–Crippen MR) is 77.7 cm³/mol. The van der Waals surface area contributed by atoms with E-state index in [0.717, 1.165) is 32.5 Å². The Labute approximate surface area is 122 Å². The van der Waals surface area contributed by atoms with Gasteiger partial charge in [0.2, 0.25) is 0 Å². The quantitative estimate of drug-likeness (QED) is 0.644. The molecule has 0 amide bonds. The molecule has 2 rings (SSSR count). The van der Waals surface area contributed by atoms with Crippen molar-refractivity contribution in [2.75, 3.05) is 32.8 Å². The Morgan fingerprint density at radius 1 is 1.40 bits per heavy atom. The second kappa shape index (κ2) is 7.96. The molecular formula is C15H28N2O3. The molecule has 1 aliphatic heterocycles. The molecule has 0 aromatic heterocycles. The summed E-state index contributed by atoms with van der Waals surface area (Å²) in [6.45, 7) is 7.88. The number of hydrogen-bond donors (Lipinski definition) is 1. The lowest BCUT2D eigenvalue weighted by Gasteiger charge is -2.28. The van der Waals surface area contributed by atoms with Crippen molar-refractivity contribution in [3.8, 4) is 0 Å². The molecule has 2 atom stereocenters. The number of nitrogens with zero attached hydrogens (tertiary/aromatic N) is 1. The van der Waals surface area contributed by atoms with Gasteiger partial charge in [-0.15, -0.1) is 0 Å². The molecule has 0 bridgehead atoms. The monoisotopic (exact) mass is 284 g/mol. The number of likely N-dealkylation sites (N-methyl/N-ethyl adjacent to an activating group) is 1. The second-order valence-corrected chi connectivity index (χ2v) is 5.73. The Morgan fingerprint density at radius 3 is 2.75 bits per heavy atom. The van der Waals surface area contributed by atoms with Gasteiger partial charge in [-0.2, -0.15) is 0 Å². The molecule has 1 saturated heterocycles. The molecule has 2 aliphatic rings. The van der Waals surface area contributed by atoms with Crippen LogP contribution in [0.1, 0.15) is 39.5 Å². The number of nitrogens with one attached hydrogen (secondary N) is 1. The number of esters is 1. The highest BCUT2D eigenvalue weighted by Gasteiger charge is 2.31. The molecule has 5 nitrogen and oxygen atoms in total. The molecule has 0 aromatic carbocycles. The maximum Gasteiger partial charge on any atom is 0.324 e. The molecule has 5 heteroatoms. The Morgan fingerprint density at radius 2 is 2.20 bits per heavy atom. The van der Waals surface area contributed by atoms with Gasteiger partial charge >= 0.3 is 5.97 Å². The van der Waals surface area contributed by atoms with Gasteiger partial charge in [-0.1, -0.05) is 6.92 Å². The molecule has 1 N–H and O–H groups in total. The summed E-state index contributed by atoms with van der Waals surface area (Å²) in [5.74, 6) is -0.120. The Bertz CT molecular complexity index is 301. The SMILES string of the molecule is CCOC(=O)C(CN(CC)CC1CCCO1)NC1CC1. The lowest BCUT2D eigenvalue weighted by Crippen LogP contribution is -2.49. The van der Waals surface area contributed by atoms with Gasteiger partial charge in [0, 0.05) is 25.7 Å². The third-order valence-corrected chi connectivity index (χ3v) is 3.96. The first-order valence-corrected chi connectivity index (χ1v) is 7.99. The fourth-order valence-corrected chi connectivity index (χ4v) is 2.64. The average Bonchev–Trinajstić information content (AvgIpc) is 3.11. The van der Waals surface area contributed by atoms with Crippen LogP contribution in [0.5, 0.6) is 0 Å². The summed E-state index contributed by atoms with van der Waals surface area (Å²) in [6, 6.07) is 0.301. The van der Waals surface area contributed by atoms with Crippen molar-refractivity contribution in [2.24, 2.45) is 0 Å². The van der Waals surface area contributed by atoms with Gasteiger partial charge < -0.3 is 14.8 Å². The number of ether oxygens (including phenoxy) is 2. The molecule has 1 aliphatic carbocycles. The Hall–Kier alpha value is -0.650. The number of hydrogen-bond acceptors (Lipinski definition) is 5. The number of carbonyl (C=O) groups is 1. The van der Waals surface area contributed by atoms with Gasteiger partial charge in [-0.3, -0.25) is 9.69 Å². The standard InChI is InChI=1S/C15H28N2O3/c1-3-17(10-13-6-5-9-20-13)11-14(15(18)19-4-2)16-12-7-8-12/h12-14,16H,3-11H2,1-2H3. The van der Waals surface area contributed by atoms with Gasteiger partial charge in [0.25, 0.3) is 0 Å². The van der Waals surface area contributed by atoms with Crippen LogP contribution in [0.15, 0.2) is 0 Å². The van der Waals surface area contributed by atoms with E-state index in [1.54, 1.807) is 0 Å². The van der Waals surface area contributed by atoms with Crippen molar-refractivity contribution in [1.29, 1.82) is 0 Å². The average molecular weight is 284 g/mol. The van der Waals surface area contributed by atoms with Gasteiger partial charge in [0.05, 0.1) is 12.7 Å². The minimum absolute atomic E-state index is 0.120. The molecule has 1 saturated carbocycles. The maximum absolute atomic E-state index is 12.1. The van der Waals surface area contributed by atoms with E-state index in [2.05, 4.69) is 17.1 Å². The summed E-state index contributed by atoms with van der Waals surface area (Å²) in [4.78, 5) is 14.4. The van der Waals surface area contributed by atoms with E-state index in [0.29, 0.717) is 25.3 Å². The van der Waals surface area contributed by atoms with E-state index in [4.69, 9.17) is 9.47 Å². The lowest BCUT2D eigenvalue weighted by molar-refractivity contribution is -0.146. The zero-order valence-corrected chi connectivity index (χ0v) is 12.8. The van der Waals surface area contributed by atoms with Crippen molar-refractivity contribution < 1.29 is 14.3 Å². The van der Waals surface area contributed by atoms with Crippen LogP contribution in [0.4, 0.5) is 0 Å². The van der Waals surface area contributed by atoms with Crippen molar-refractivity contribution >= 4 is 5.97 Å². The lowest BCUT2D eigenvalue weighted by atomic mass is 10.2. The first-order valence-electron chi connectivity index (χ1n) is 7.99. The van der Waals surface area contributed by atoms with Crippen molar-refractivity contribution in [2.45, 2.75) is 57.7 Å². The summed E-state index contributed by atoms with van der Waals surface area (Å²) in [5.41, 5.74) is 0. The van der Waals surface area contributed by atoms with Gasteiger partial charge in [-0.25, -0.2) is 0 Å². The molecule has 0 radical (unpaired) electrons. The molecule has 2 fully saturated rings. The molecule has 2 unspecified atom stereocenters. The van der Waals surface area contributed by atoms with Crippen LogP contribution in [-0.4, -0.2) is 61.9 Å². The largest absolute Gasteiger partial charge is 0.465 e. The zero-order chi connectivity index (χ0) is 14.4. The van der Waals surface area contributed by atoms with Crippen LogP contribution in [0, 0.1) is 0 Å². The van der Waals surface area contributed by atoms with E-state index in [1.807, 2.05) is 6.92 Å². The van der Waals surface area contributed by atoms with E-state index in [9.17, 15) is 4.79 Å². The topological polar surface area (TPSA) is 50.8 Å². The summed E-state index contributed by atoms with van der Waals surface area (Å²) in [6.07, 6.45) is 4.97. The summed E-state index contributed by atoms with van der Waals surface area (Å²) in [5, 5.41) is 3.41. The highest BCUT2D eigenvalue weighted by atomic mass is 16.5. The molecule has 1 heterocycles. The minimum atomic E-state index is -0.205. The Kier molecular flexibility index (Phi) is 6.26. The summed E-state index contributed by atoms with van der Waals surface area (Å²) in [7, 11) is 0. The van der Waals surface area contributed by atoms with E-state index >= 15 is 0 Å². The first-order chi connectivity index (χ1) is 9.72. The summed E-state index contributed by atoms with van der Waals surface area (Å²) < 4.78 is 10.9. The minimum Gasteiger partial charge on any atom is -0.465 e. The molecule has 0 aromatic rings. The molecular weight excluding hydrogens is 256 g/mol. The third-order valence-electron chi connectivity index (χ3n) is 3.96. The molecule has 20 heavy (non-hydrogen) atoms. The van der Waals surface area contributed by atoms with Crippen LogP contribution in [0.3, 0.4) is 0 Å².